The molecule has 0 aromatic heterocycles. The van der Waals surface area contributed by atoms with Crippen molar-refractivity contribution in [2.24, 2.45) is 10.7 Å². The van der Waals surface area contributed by atoms with Gasteiger partial charge in [-0.25, -0.2) is 0 Å². The summed E-state index contributed by atoms with van der Waals surface area (Å²) in [5.74, 6) is 6.43. The van der Waals surface area contributed by atoms with Crippen LogP contribution in [-0.4, -0.2) is 17.0 Å². The van der Waals surface area contributed by atoms with Gasteiger partial charge in [0.15, 0.2) is 5.17 Å². The third-order valence-electron chi connectivity index (χ3n) is 0.854. The van der Waals surface area contributed by atoms with Gasteiger partial charge in [0.1, 0.15) is 0 Å². The summed E-state index contributed by atoms with van der Waals surface area (Å²) < 4.78 is 0. The molecule has 62 valence electrons. The van der Waals surface area contributed by atoms with Crippen molar-refractivity contribution in [2.75, 3.05) is 5.75 Å². The maximum atomic E-state index is 5.56. The molecule has 0 saturated heterocycles. The summed E-state index contributed by atoms with van der Waals surface area (Å²) in [5.41, 5.74) is 5.56. The normalized spacial score (nSPS) is 11.1. The molecule has 11 heavy (non-hydrogen) atoms. The maximum absolute atomic E-state index is 5.56. The molecule has 0 aromatic carbocycles. The summed E-state index contributed by atoms with van der Waals surface area (Å²) >= 11 is 1.48. The first kappa shape index (κ1) is 10.4. The predicted octanol–water partition coefficient (Wildman–Crippen LogP) is 1.47. The van der Waals surface area contributed by atoms with Gasteiger partial charge < -0.3 is 5.73 Å². The average molecular weight is 170 g/mol. The highest BCUT2D eigenvalue weighted by Crippen LogP contribution is 1.99. The monoisotopic (exact) mass is 170 g/mol. The van der Waals surface area contributed by atoms with Crippen LogP contribution in [0.2, 0.25) is 0 Å². The molecule has 0 spiro atoms. The molecule has 2 N–H and O–H groups in total. The second kappa shape index (κ2) is 6.11. The number of thioether (sulfide) groups is 1. The van der Waals surface area contributed by atoms with Crippen LogP contribution in [0.3, 0.4) is 0 Å². The Hall–Kier alpha value is -0.620. The fraction of sp³-hybridized carbons (Fsp3) is 0.625. The summed E-state index contributed by atoms with van der Waals surface area (Å²) in [6, 6.07) is 0.275. The Kier molecular flexibility index (Phi) is 5.77. The molecule has 0 unspecified atom stereocenters. The van der Waals surface area contributed by atoms with Gasteiger partial charge in [-0.3, -0.25) is 4.99 Å². The smallest absolute Gasteiger partial charge is 0.155 e. The Morgan fingerprint density at radius 1 is 1.64 bits per heavy atom. The molecule has 0 bridgehead atoms. The van der Waals surface area contributed by atoms with E-state index in [1.807, 2.05) is 20.8 Å². The number of rotatable bonds is 2. The van der Waals surface area contributed by atoms with Gasteiger partial charge in [-0.2, -0.15) is 0 Å². The van der Waals surface area contributed by atoms with Crippen LogP contribution in [0.15, 0.2) is 4.99 Å². The number of nitrogens with two attached hydrogens (primary N) is 1. The van der Waals surface area contributed by atoms with Gasteiger partial charge in [-0.1, -0.05) is 17.7 Å². The van der Waals surface area contributed by atoms with Gasteiger partial charge in [-0.15, -0.1) is 5.92 Å². The highest BCUT2D eigenvalue weighted by atomic mass is 32.2. The van der Waals surface area contributed by atoms with Crippen molar-refractivity contribution in [1.82, 2.24) is 0 Å². The summed E-state index contributed by atoms with van der Waals surface area (Å²) in [4.78, 5) is 4.14. The van der Waals surface area contributed by atoms with Gasteiger partial charge in [0.25, 0.3) is 0 Å². The molecule has 0 atom stereocenters. The molecule has 0 fully saturated rings. The van der Waals surface area contributed by atoms with Crippen molar-refractivity contribution in [1.29, 1.82) is 0 Å². The largest absolute Gasteiger partial charge is 0.379 e. The average Bonchev–Trinajstić information content (AvgIpc) is 1.86. The molecule has 0 amide bonds. The first-order valence-corrected chi connectivity index (χ1v) is 4.51. The Morgan fingerprint density at radius 2 is 2.27 bits per heavy atom. The van der Waals surface area contributed by atoms with Crippen molar-refractivity contribution < 1.29 is 0 Å². The predicted molar refractivity (Wildman–Crippen MR) is 52.7 cm³/mol. The van der Waals surface area contributed by atoms with E-state index in [-0.39, 0.29) is 6.04 Å². The molecular formula is C8H14N2S. The first-order chi connectivity index (χ1) is 5.16. The van der Waals surface area contributed by atoms with Crippen LogP contribution < -0.4 is 5.73 Å². The van der Waals surface area contributed by atoms with Gasteiger partial charge in [0, 0.05) is 6.04 Å². The van der Waals surface area contributed by atoms with E-state index in [0.717, 1.165) is 5.75 Å². The number of amidine groups is 1. The fourth-order valence-corrected chi connectivity index (χ4v) is 1.12. The third-order valence-corrected chi connectivity index (χ3v) is 1.54. The Morgan fingerprint density at radius 3 is 2.73 bits per heavy atom. The lowest BCUT2D eigenvalue weighted by atomic mass is 10.4. The van der Waals surface area contributed by atoms with E-state index >= 15 is 0 Å². The highest BCUT2D eigenvalue weighted by Gasteiger charge is 1.92. The number of hydrogen-bond donors (Lipinski definition) is 1. The van der Waals surface area contributed by atoms with Crippen molar-refractivity contribution in [2.45, 2.75) is 26.8 Å². The Bertz CT molecular complexity index is 186. The highest BCUT2D eigenvalue weighted by molar-refractivity contribution is 8.13. The molecule has 3 heteroatoms. The van der Waals surface area contributed by atoms with Gasteiger partial charge in [-0.05, 0) is 20.8 Å². The molecule has 0 saturated carbocycles. The second-order valence-electron chi connectivity index (χ2n) is 2.28. The van der Waals surface area contributed by atoms with Crippen molar-refractivity contribution in [3.8, 4) is 11.8 Å². The lowest BCUT2D eigenvalue weighted by Crippen LogP contribution is -2.09. The van der Waals surface area contributed by atoms with Crippen LogP contribution in [0.4, 0.5) is 0 Å². The minimum Gasteiger partial charge on any atom is -0.379 e. The van der Waals surface area contributed by atoms with Crippen molar-refractivity contribution >= 4 is 16.9 Å². The topological polar surface area (TPSA) is 38.4 Å². The van der Waals surface area contributed by atoms with Gasteiger partial charge >= 0.3 is 0 Å². The lowest BCUT2D eigenvalue weighted by Gasteiger charge is -1.98. The number of aliphatic imine (C=N–C) groups is 1. The van der Waals surface area contributed by atoms with Gasteiger partial charge in [0.2, 0.25) is 0 Å². The number of hydrogen-bond acceptors (Lipinski definition) is 2. The zero-order chi connectivity index (χ0) is 8.69. The molecule has 0 aliphatic heterocycles. The molecule has 0 rings (SSSR count). The zero-order valence-electron chi connectivity index (χ0n) is 7.22. The van der Waals surface area contributed by atoms with E-state index < -0.39 is 0 Å². The summed E-state index contributed by atoms with van der Waals surface area (Å²) in [7, 11) is 0. The molecule has 0 aliphatic rings. The fourth-order valence-electron chi connectivity index (χ4n) is 0.474. The van der Waals surface area contributed by atoms with E-state index in [1.54, 1.807) is 0 Å². The van der Waals surface area contributed by atoms with Crippen LogP contribution in [0.1, 0.15) is 20.8 Å². The number of nitrogens with zero attached hydrogens (tertiary/aromatic N) is 1. The Balaban J connectivity index is 3.65. The van der Waals surface area contributed by atoms with Crippen LogP contribution in [0.5, 0.6) is 0 Å². The van der Waals surface area contributed by atoms with Crippen LogP contribution in [-0.2, 0) is 0 Å². The van der Waals surface area contributed by atoms with Crippen molar-refractivity contribution in [3.63, 3.8) is 0 Å². The van der Waals surface area contributed by atoms with E-state index in [4.69, 9.17) is 5.73 Å². The van der Waals surface area contributed by atoms with E-state index in [9.17, 15) is 0 Å². The van der Waals surface area contributed by atoms with Crippen molar-refractivity contribution in [3.05, 3.63) is 0 Å². The molecule has 0 aromatic rings. The summed E-state index contributed by atoms with van der Waals surface area (Å²) in [6.45, 7) is 5.81. The molecule has 0 radical (unpaired) electrons. The lowest BCUT2D eigenvalue weighted by molar-refractivity contribution is 0.838. The minimum absolute atomic E-state index is 0.275. The third kappa shape index (κ3) is 7.27. The molecule has 0 heterocycles. The standard InChI is InChI=1S/C8H14N2S/c1-4-5-6-11-8(9)10-7(2)3/h7H,6H2,1-3H3,(H2,9,10). The van der Waals surface area contributed by atoms with E-state index in [1.165, 1.54) is 11.8 Å². The van der Waals surface area contributed by atoms with Crippen LogP contribution in [0.25, 0.3) is 0 Å². The molecule has 2 nitrogen and oxygen atoms in total. The molecule has 0 aliphatic carbocycles. The zero-order valence-corrected chi connectivity index (χ0v) is 8.03. The molecular weight excluding hydrogens is 156 g/mol. The summed E-state index contributed by atoms with van der Waals surface area (Å²) in [6.07, 6.45) is 0. The first-order valence-electron chi connectivity index (χ1n) is 3.52. The Labute approximate surface area is 72.7 Å². The summed E-state index contributed by atoms with van der Waals surface area (Å²) in [5, 5.41) is 0.628. The van der Waals surface area contributed by atoms with E-state index in [0.29, 0.717) is 5.17 Å². The minimum atomic E-state index is 0.275. The quantitative estimate of drug-likeness (QED) is 0.387. The SMILES string of the molecule is CC#CCSC(N)=NC(C)C. The van der Waals surface area contributed by atoms with Crippen LogP contribution >= 0.6 is 11.8 Å². The second-order valence-corrected chi connectivity index (χ2v) is 3.27. The maximum Gasteiger partial charge on any atom is 0.155 e. The van der Waals surface area contributed by atoms with E-state index in [2.05, 4.69) is 16.8 Å². The van der Waals surface area contributed by atoms with Crippen LogP contribution in [0, 0.1) is 11.8 Å². The van der Waals surface area contributed by atoms with Gasteiger partial charge in [0.05, 0.1) is 5.75 Å².